The predicted molar refractivity (Wildman–Crippen MR) is 175 cm³/mol. The third-order valence-corrected chi connectivity index (χ3v) is 8.26. The zero-order valence-corrected chi connectivity index (χ0v) is 28.0. The molecular formula is C31H56IN3O8. The normalized spacial score (nSPS) is 12.4. The van der Waals surface area contributed by atoms with Gasteiger partial charge in [-0.2, -0.15) is 0 Å². The van der Waals surface area contributed by atoms with Crippen LogP contribution in [0, 0.1) is 0 Å². The van der Waals surface area contributed by atoms with Gasteiger partial charge < -0.3 is 26.0 Å². The van der Waals surface area contributed by atoms with E-state index in [-0.39, 0.29) is 37.5 Å². The van der Waals surface area contributed by atoms with Gasteiger partial charge in [-0.15, -0.1) is 0 Å². The van der Waals surface area contributed by atoms with Crippen molar-refractivity contribution >= 4 is 52.6 Å². The number of rotatable bonds is 31. The molecule has 43 heavy (non-hydrogen) atoms. The van der Waals surface area contributed by atoms with Crippen LogP contribution >= 0.6 is 22.9 Å². The molecule has 0 aromatic carbocycles. The highest BCUT2D eigenvalue weighted by Gasteiger charge is 2.21. The lowest BCUT2D eigenvalue weighted by Crippen LogP contribution is -2.41. The van der Waals surface area contributed by atoms with Gasteiger partial charge in [0, 0.05) is 48.7 Å². The summed E-state index contributed by atoms with van der Waals surface area (Å²) in [7, 11) is 0. The van der Waals surface area contributed by atoms with Crippen LogP contribution in [0.1, 0.15) is 148 Å². The Morgan fingerprint density at radius 2 is 0.930 bits per heavy atom. The molecular weight excluding hydrogens is 669 g/mol. The summed E-state index contributed by atoms with van der Waals surface area (Å²) in [6.45, 7) is 0.386. The minimum Gasteiger partial charge on any atom is -0.481 e. The Morgan fingerprint density at radius 1 is 0.488 bits per heavy atom. The van der Waals surface area contributed by atoms with Crippen molar-refractivity contribution in [1.29, 1.82) is 0 Å². The van der Waals surface area contributed by atoms with Crippen molar-refractivity contribution < 1.29 is 39.3 Å². The molecule has 0 saturated heterocycles. The Kier molecular flexibility index (Phi) is 27.5. The van der Waals surface area contributed by atoms with E-state index in [4.69, 9.17) is 10.2 Å². The molecule has 2 amide bonds. The fourth-order valence-electron chi connectivity index (χ4n) is 4.85. The van der Waals surface area contributed by atoms with Crippen molar-refractivity contribution in [2.75, 3.05) is 6.54 Å². The minimum absolute atomic E-state index is 0.0120. The van der Waals surface area contributed by atoms with Crippen molar-refractivity contribution in [3.63, 3.8) is 0 Å². The molecule has 12 heteroatoms. The van der Waals surface area contributed by atoms with E-state index in [2.05, 4.69) is 14.2 Å². The Labute approximate surface area is 271 Å². The molecule has 2 atom stereocenters. The van der Waals surface area contributed by atoms with E-state index in [9.17, 15) is 29.1 Å². The number of nitrogens with one attached hydrogen (secondary N) is 3. The monoisotopic (exact) mass is 725 g/mol. The van der Waals surface area contributed by atoms with Crippen LogP contribution in [0.25, 0.3) is 0 Å². The van der Waals surface area contributed by atoms with Gasteiger partial charge in [-0.3, -0.25) is 19.2 Å². The third kappa shape index (κ3) is 27.3. The summed E-state index contributed by atoms with van der Waals surface area (Å²) in [5.41, 5.74) is 0. The first-order valence-electron chi connectivity index (χ1n) is 16.3. The third-order valence-electron chi connectivity index (χ3n) is 7.51. The van der Waals surface area contributed by atoms with Crippen molar-refractivity contribution in [3.05, 3.63) is 0 Å². The fourth-order valence-corrected chi connectivity index (χ4v) is 5.43. The number of carbonyl (C=O) groups is 5. The van der Waals surface area contributed by atoms with Gasteiger partial charge >= 0.3 is 17.9 Å². The van der Waals surface area contributed by atoms with Gasteiger partial charge in [0.25, 0.3) is 0 Å². The summed E-state index contributed by atoms with van der Waals surface area (Å²) in [4.78, 5) is 57.2. The summed E-state index contributed by atoms with van der Waals surface area (Å²) in [6, 6.07) is -1.72. The molecule has 0 aliphatic rings. The minimum atomic E-state index is -1.16. The Balaban J connectivity index is 3.68. The van der Waals surface area contributed by atoms with E-state index in [1.54, 1.807) is 22.9 Å². The molecule has 0 rings (SSSR count). The average molecular weight is 726 g/mol. The molecule has 0 aromatic heterocycles. The van der Waals surface area contributed by atoms with E-state index in [0.29, 0.717) is 32.2 Å². The Hall–Kier alpha value is -1.96. The highest BCUT2D eigenvalue weighted by molar-refractivity contribution is 14.1. The number of hydrogen-bond donors (Lipinski definition) is 6. The maximum Gasteiger partial charge on any atom is 0.326 e. The maximum atomic E-state index is 12.2. The predicted octanol–water partition coefficient (Wildman–Crippen LogP) is 6.12. The largest absolute Gasteiger partial charge is 0.481 e. The van der Waals surface area contributed by atoms with Crippen LogP contribution in [-0.4, -0.2) is 63.7 Å². The lowest BCUT2D eigenvalue weighted by atomic mass is 10.0. The van der Waals surface area contributed by atoms with Gasteiger partial charge in [0.1, 0.15) is 12.1 Å². The molecule has 6 N–H and O–H groups in total. The molecule has 250 valence electrons. The van der Waals surface area contributed by atoms with Gasteiger partial charge in [0.2, 0.25) is 11.8 Å². The van der Waals surface area contributed by atoms with Gasteiger partial charge in [0.15, 0.2) is 0 Å². The molecule has 0 heterocycles. The van der Waals surface area contributed by atoms with E-state index in [0.717, 1.165) is 38.5 Å². The van der Waals surface area contributed by atoms with E-state index >= 15 is 0 Å². The Morgan fingerprint density at radius 3 is 1.35 bits per heavy atom. The van der Waals surface area contributed by atoms with Crippen molar-refractivity contribution in [3.8, 4) is 0 Å². The van der Waals surface area contributed by atoms with Crippen LogP contribution in [0.15, 0.2) is 0 Å². The summed E-state index contributed by atoms with van der Waals surface area (Å²) < 4.78 is 2.69. The van der Waals surface area contributed by atoms with E-state index in [1.165, 1.54) is 57.8 Å². The van der Waals surface area contributed by atoms with Crippen molar-refractivity contribution in [1.82, 2.24) is 14.2 Å². The highest BCUT2D eigenvalue weighted by Crippen LogP contribution is 2.14. The zero-order chi connectivity index (χ0) is 32.1. The molecule has 0 spiro atoms. The smallest absolute Gasteiger partial charge is 0.326 e. The van der Waals surface area contributed by atoms with Crippen LogP contribution < -0.4 is 14.2 Å². The highest BCUT2D eigenvalue weighted by atomic mass is 127. The second-order valence-electron chi connectivity index (χ2n) is 11.4. The standard InChI is InChI=1S/C31H56IN3O8/c32-35-26(31(42)43)19-17-18-24-33-27(36)23-22-25(30(40)41)34-28(37)20-15-13-11-9-7-5-3-1-2-4-6-8-10-12-14-16-21-29(38)39/h25-26,35H,1-24H2,(H,33,36)(H,34,37)(H,38,39)(H,40,41)(H,42,43)/t25-,26-/m0/s1. The number of carboxylic acid groups (broad SMARTS) is 3. The summed E-state index contributed by atoms with van der Waals surface area (Å²) in [6.07, 6.45) is 20.3. The van der Waals surface area contributed by atoms with Crippen LogP contribution in [0.5, 0.6) is 0 Å². The van der Waals surface area contributed by atoms with E-state index in [1.807, 2.05) is 0 Å². The SMILES string of the molecule is O=C(O)CCCCCCCCCCCCCCCCCCC(=O)N[C@@H](CCC(=O)NCCCC[C@H](NI)C(=O)O)C(=O)O. The van der Waals surface area contributed by atoms with Crippen LogP contribution in [0.2, 0.25) is 0 Å². The molecule has 0 saturated carbocycles. The van der Waals surface area contributed by atoms with Crippen LogP contribution in [-0.2, 0) is 24.0 Å². The second kappa shape index (κ2) is 28.8. The topological polar surface area (TPSA) is 182 Å². The molecule has 0 fully saturated rings. The molecule has 0 aromatic rings. The molecule has 0 radical (unpaired) electrons. The number of amides is 2. The molecule has 0 aliphatic heterocycles. The van der Waals surface area contributed by atoms with Gasteiger partial charge in [0.05, 0.1) is 0 Å². The number of carbonyl (C=O) groups excluding carboxylic acids is 2. The summed E-state index contributed by atoms with van der Waals surface area (Å²) >= 11 is 1.80. The lowest BCUT2D eigenvalue weighted by molar-refractivity contribution is -0.142. The van der Waals surface area contributed by atoms with Crippen molar-refractivity contribution in [2.24, 2.45) is 0 Å². The van der Waals surface area contributed by atoms with Crippen molar-refractivity contribution in [2.45, 2.75) is 160 Å². The van der Waals surface area contributed by atoms with Gasteiger partial charge in [-0.25, -0.2) is 8.32 Å². The molecule has 0 unspecified atom stereocenters. The number of carboxylic acids is 3. The Bertz CT molecular complexity index is 784. The first kappa shape index (κ1) is 41.0. The number of halogens is 1. The number of hydrogen-bond acceptors (Lipinski definition) is 6. The zero-order valence-electron chi connectivity index (χ0n) is 25.9. The van der Waals surface area contributed by atoms with Gasteiger partial charge in [-0.1, -0.05) is 89.9 Å². The lowest BCUT2D eigenvalue weighted by Gasteiger charge is -2.14. The van der Waals surface area contributed by atoms with Crippen LogP contribution in [0.4, 0.5) is 0 Å². The van der Waals surface area contributed by atoms with E-state index < -0.39 is 30.0 Å². The maximum absolute atomic E-state index is 12.2. The first-order valence-corrected chi connectivity index (χ1v) is 17.3. The fraction of sp³-hybridized carbons (Fsp3) is 0.839. The second-order valence-corrected chi connectivity index (χ2v) is 12.0. The number of aliphatic carboxylic acids is 3. The average Bonchev–Trinajstić information content (AvgIpc) is 2.95. The quantitative estimate of drug-likeness (QED) is 0.0279. The first-order chi connectivity index (χ1) is 20.7. The molecule has 11 nitrogen and oxygen atoms in total. The summed E-state index contributed by atoms with van der Waals surface area (Å²) in [5.74, 6) is -3.36. The molecule has 0 bridgehead atoms. The number of unbranched alkanes of at least 4 members (excludes halogenated alkanes) is 16. The van der Waals surface area contributed by atoms with Gasteiger partial charge in [-0.05, 0) is 38.5 Å². The van der Waals surface area contributed by atoms with Crippen LogP contribution in [0.3, 0.4) is 0 Å². The molecule has 0 aliphatic carbocycles. The summed E-state index contributed by atoms with van der Waals surface area (Å²) in [5, 5.41) is 32.3.